The fourth-order valence-corrected chi connectivity index (χ4v) is 3.45. The summed E-state index contributed by atoms with van der Waals surface area (Å²) in [6.07, 6.45) is 4.19. The highest BCUT2D eigenvalue weighted by Crippen LogP contribution is 2.28. The van der Waals surface area contributed by atoms with Crippen LogP contribution < -0.4 is 16.0 Å². The molecule has 2 heterocycles. The number of halogens is 1. The molecule has 9 nitrogen and oxygen atoms in total. The van der Waals surface area contributed by atoms with Crippen molar-refractivity contribution in [2.24, 2.45) is 17.6 Å². The van der Waals surface area contributed by atoms with Crippen molar-refractivity contribution in [3.05, 3.63) is 36.3 Å². The number of nitrogens with two attached hydrogens (primary N) is 1. The van der Waals surface area contributed by atoms with Crippen molar-refractivity contribution in [3.8, 4) is 0 Å². The van der Waals surface area contributed by atoms with Gasteiger partial charge in [0.1, 0.15) is 11.4 Å². The van der Waals surface area contributed by atoms with Crippen molar-refractivity contribution >= 4 is 29.3 Å². The first-order chi connectivity index (χ1) is 16.5. The Morgan fingerprint density at radius 2 is 1.94 bits per heavy atom. The molecular weight excluding hydrogens is 455 g/mol. The van der Waals surface area contributed by atoms with Crippen molar-refractivity contribution in [3.63, 3.8) is 0 Å². The van der Waals surface area contributed by atoms with Gasteiger partial charge in [-0.25, -0.2) is 9.18 Å². The summed E-state index contributed by atoms with van der Waals surface area (Å²) in [7, 11) is 1.00. The zero-order chi connectivity index (χ0) is 26.8. The van der Waals surface area contributed by atoms with Gasteiger partial charge in [0.05, 0.1) is 17.3 Å². The maximum atomic E-state index is 14.6. The third kappa shape index (κ3) is 8.95. The normalized spacial score (nSPS) is 19.3. The van der Waals surface area contributed by atoms with Crippen molar-refractivity contribution in [2.75, 3.05) is 37.0 Å². The first-order valence-electron chi connectivity index (χ1n) is 11.7. The van der Waals surface area contributed by atoms with E-state index in [1.165, 1.54) is 21.9 Å². The predicted molar refractivity (Wildman–Crippen MR) is 138 cm³/mol. The van der Waals surface area contributed by atoms with Gasteiger partial charge in [-0.15, -0.1) is 0 Å². The number of carbonyl (C=O) groups excluding carboxylic acids is 3. The summed E-state index contributed by atoms with van der Waals surface area (Å²) in [6.45, 7) is 10.5. The summed E-state index contributed by atoms with van der Waals surface area (Å²) in [6, 6.07) is 4.28. The SMILES string of the molecule is CC1CC=CN(c2ccc(NC(=O)[C@@H]3CCN(C(=O)OC(C)(C)C)C3)c(F)c2)C1=O.CCN.CO.[HH].[HH]. The Labute approximate surface area is 210 Å². The number of likely N-dealkylation sites (tertiary alicyclic amines) is 1. The van der Waals surface area contributed by atoms with Gasteiger partial charge in [-0.1, -0.05) is 19.9 Å². The maximum absolute atomic E-state index is 14.6. The molecule has 0 saturated carbocycles. The number of aliphatic hydroxyl groups is 1. The molecule has 2 aliphatic rings. The van der Waals surface area contributed by atoms with Gasteiger partial charge in [0, 0.05) is 41.2 Å². The molecule has 0 bridgehead atoms. The second-order valence-corrected chi connectivity index (χ2v) is 9.20. The fraction of sp³-hybridized carbons (Fsp3) is 0.560. The van der Waals surface area contributed by atoms with Crippen LogP contribution in [-0.4, -0.2) is 60.3 Å². The molecule has 3 rings (SSSR count). The molecule has 0 aliphatic carbocycles. The molecule has 200 valence electrons. The largest absolute Gasteiger partial charge is 0.444 e. The van der Waals surface area contributed by atoms with Crippen LogP contribution in [0.1, 0.15) is 50.3 Å². The Morgan fingerprint density at radius 1 is 1.31 bits per heavy atom. The molecule has 1 aromatic rings. The minimum atomic E-state index is -0.623. The Bertz CT molecular complexity index is 912. The predicted octanol–water partition coefficient (Wildman–Crippen LogP) is 3.97. The van der Waals surface area contributed by atoms with Gasteiger partial charge in [0.2, 0.25) is 11.8 Å². The summed E-state index contributed by atoms with van der Waals surface area (Å²) >= 11 is 0. The summed E-state index contributed by atoms with van der Waals surface area (Å²) in [5.41, 5.74) is 4.70. The Morgan fingerprint density at radius 3 is 2.51 bits per heavy atom. The van der Waals surface area contributed by atoms with E-state index >= 15 is 0 Å². The molecule has 2 atom stereocenters. The molecule has 35 heavy (non-hydrogen) atoms. The van der Waals surface area contributed by atoms with Crippen molar-refractivity contribution in [1.82, 2.24) is 4.90 Å². The second kappa shape index (κ2) is 13.8. The minimum Gasteiger partial charge on any atom is -0.444 e. The zero-order valence-corrected chi connectivity index (χ0v) is 21.5. The summed E-state index contributed by atoms with van der Waals surface area (Å²) in [4.78, 5) is 39.9. The van der Waals surface area contributed by atoms with Crippen molar-refractivity contribution in [1.29, 1.82) is 0 Å². The van der Waals surface area contributed by atoms with Gasteiger partial charge < -0.3 is 25.8 Å². The lowest BCUT2D eigenvalue weighted by molar-refractivity contribution is -0.121. The molecule has 0 aromatic heterocycles. The van der Waals surface area contributed by atoms with Gasteiger partial charge in [-0.2, -0.15) is 0 Å². The second-order valence-electron chi connectivity index (χ2n) is 9.20. The van der Waals surface area contributed by atoms with E-state index < -0.39 is 23.4 Å². The number of ether oxygens (including phenoxy) is 1. The van der Waals surface area contributed by atoms with Crippen LogP contribution in [0.4, 0.5) is 20.6 Å². The third-order valence-electron chi connectivity index (χ3n) is 5.10. The lowest BCUT2D eigenvalue weighted by Gasteiger charge is -2.26. The Hall–Kier alpha value is -2.98. The molecule has 2 aliphatic heterocycles. The topological polar surface area (TPSA) is 125 Å². The number of aliphatic hydroxyl groups excluding tert-OH is 1. The first-order valence-corrected chi connectivity index (χ1v) is 11.7. The van der Waals surface area contributed by atoms with E-state index in [2.05, 4.69) is 5.32 Å². The number of rotatable bonds is 3. The van der Waals surface area contributed by atoms with E-state index in [9.17, 15) is 18.8 Å². The number of allylic oxidation sites excluding steroid dienone is 1. The van der Waals surface area contributed by atoms with Crippen LogP contribution in [0.15, 0.2) is 30.5 Å². The van der Waals surface area contributed by atoms with Crippen LogP contribution in [0.25, 0.3) is 0 Å². The van der Waals surface area contributed by atoms with E-state index in [1.807, 2.05) is 19.9 Å². The number of amides is 3. The average Bonchev–Trinajstić information content (AvgIpc) is 3.29. The van der Waals surface area contributed by atoms with Crippen LogP contribution in [0.5, 0.6) is 0 Å². The monoisotopic (exact) mass is 498 g/mol. The number of carbonyl (C=O) groups is 3. The Kier molecular flexibility index (Phi) is 11.8. The molecule has 0 radical (unpaired) electrons. The molecule has 1 saturated heterocycles. The van der Waals surface area contributed by atoms with Gasteiger partial charge in [-0.05, 0) is 52.3 Å². The average molecular weight is 499 g/mol. The number of nitrogens with zero attached hydrogens (tertiary/aromatic N) is 2. The van der Waals surface area contributed by atoms with Crippen molar-refractivity contribution in [2.45, 2.75) is 53.1 Å². The van der Waals surface area contributed by atoms with Crippen LogP contribution in [-0.2, 0) is 14.3 Å². The van der Waals surface area contributed by atoms with Gasteiger partial charge >= 0.3 is 6.09 Å². The highest BCUT2D eigenvalue weighted by Gasteiger charge is 2.33. The van der Waals surface area contributed by atoms with Gasteiger partial charge in [-0.3, -0.25) is 14.5 Å². The number of hydrogen-bond donors (Lipinski definition) is 3. The lowest BCUT2D eigenvalue weighted by atomic mass is 10.0. The highest BCUT2D eigenvalue weighted by molar-refractivity contribution is 5.98. The smallest absolute Gasteiger partial charge is 0.410 e. The van der Waals surface area contributed by atoms with E-state index in [0.29, 0.717) is 25.1 Å². The number of nitrogens with one attached hydrogen (secondary N) is 1. The maximum Gasteiger partial charge on any atom is 0.410 e. The zero-order valence-electron chi connectivity index (χ0n) is 21.5. The highest BCUT2D eigenvalue weighted by atomic mass is 19.1. The molecule has 1 unspecified atom stereocenters. The van der Waals surface area contributed by atoms with Crippen LogP contribution in [0.2, 0.25) is 0 Å². The van der Waals surface area contributed by atoms with Crippen molar-refractivity contribution < 1.29 is 31.5 Å². The Balaban J connectivity index is 0. The molecule has 1 aromatic carbocycles. The molecule has 10 heteroatoms. The van der Waals surface area contributed by atoms with Gasteiger partial charge in [0.15, 0.2) is 0 Å². The van der Waals surface area contributed by atoms with Crippen LogP contribution in [0, 0.1) is 17.7 Å². The minimum absolute atomic E-state index is 0. The lowest BCUT2D eigenvalue weighted by Crippen LogP contribution is -2.36. The van der Waals surface area contributed by atoms with Crippen LogP contribution in [0.3, 0.4) is 0 Å². The van der Waals surface area contributed by atoms with E-state index in [-0.39, 0.29) is 32.8 Å². The third-order valence-corrected chi connectivity index (χ3v) is 5.10. The number of benzene rings is 1. The quantitative estimate of drug-likeness (QED) is 0.579. The fourth-order valence-electron chi connectivity index (χ4n) is 3.45. The molecule has 0 spiro atoms. The number of hydrogen-bond acceptors (Lipinski definition) is 6. The number of anilines is 2. The van der Waals surface area contributed by atoms with E-state index in [1.54, 1.807) is 33.0 Å². The summed E-state index contributed by atoms with van der Waals surface area (Å²) < 4.78 is 19.9. The standard InChI is InChI=1S/C22H28FN3O4.C2H7N.CH4O.2H2/c1-14-6-5-10-26(20(14)28)16-7-8-18(17(23)12-16)24-19(27)15-9-11-25(13-15)21(29)30-22(2,3)4;1-2-3;1-2;;/h5,7-8,10,12,14-15H,6,9,11,13H2,1-4H3,(H,24,27);2-3H2,1H3;2H,1H3;2*1H/t14?,15-;;;;/m1..../s1. The molecule has 3 amide bonds. The van der Waals surface area contributed by atoms with Gasteiger partial charge in [0.25, 0.3) is 0 Å². The van der Waals surface area contributed by atoms with E-state index in [4.69, 9.17) is 15.6 Å². The van der Waals surface area contributed by atoms with E-state index in [0.717, 1.165) is 13.7 Å². The first kappa shape index (κ1) is 30.1. The molecule has 1 fully saturated rings. The van der Waals surface area contributed by atoms with Crippen LogP contribution >= 0.6 is 0 Å². The molecule has 4 N–H and O–H groups in total. The molecular formula is C25H43FN4O5. The summed E-state index contributed by atoms with van der Waals surface area (Å²) in [5.74, 6) is -1.67. The summed E-state index contributed by atoms with van der Waals surface area (Å²) in [5, 5.41) is 9.60.